The molecule has 0 amide bonds. The van der Waals surface area contributed by atoms with Crippen LogP contribution in [0.25, 0.3) is 0 Å². The van der Waals surface area contributed by atoms with Crippen molar-refractivity contribution in [1.29, 1.82) is 0 Å². The second kappa shape index (κ2) is 6.38. The van der Waals surface area contributed by atoms with E-state index in [9.17, 15) is 8.42 Å². The Bertz CT molecular complexity index is 869. The zero-order valence-electron chi connectivity index (χ0n) is 13.7. The first-order valence-electron chi connectivity index (χ1n) is 7.91. The third-order valence-corrected chi connectivity index (χ3v) is 6.40. The van der Waals surface area contributed by atoms with Crippen LogP contribution in [-0.4, -0.2) is 19.3 Å². The molecule has 0 radical (unpaired) electrons. The minimum Gasteiger partial charge on any atom is -0.207 e. The van der Waals surface area contributed by atoms with Crippen LogP contribution in [0.3, 0.4) is 0 Å². The lowest BCUT2D eigenvalue weighted by atomic mass is 9.87. The van der Waals surface area contributed by atoms with Crippen molar-refractivity contribution in [3.63, 3.8) is 0 Å². The number of aryl methyl sites for hydroxylation is 1. The number of fused-ring (bicyclic) bond motifs is 1. The molecule has 0 saturated carbocycles. The maximum absolute atomic E-state index is 13.2. The summed E-state index contributed by atoms with van der Waals surface area (Å²) in [5.74, 6) is -0.0300. The molecule has 2 aromatic rings. The van der Waals surface area contributed by atoms with E-state index in [1.807, 2.05) is 49.4 Å². The van der Waals surface area contributed by atoms with Gasteiger partial charge >= 0.3 is 0 Å². The number of hydrogen-bond acceptors (Lipinski definition) is 2. The molecule has 2 aromatic carbocycles. The summed E-state index contributed by atoms with van der Waals surface area (Å²) in [6.45, 7) is 10.1. The summed E-state index contributed by atoms with van der Waals surface area (Å²) < 4.78 is 27.9. The van der Waals surface area contributed by atoms with E-state index in [2.05, 4.69) is 13.2 Å². The van der Waals surface area contributed by atoms with Crippen molar-refractivity contribution in [1.82, 2.24) is 4.31 Å². The molecule has 1 aliphatic heterocycles. The summed E-state index contributed by atoms with van der Waals surface area (Å²) in [5, 5.41) is 0. The fourth-order valence-corrected chi connectivity index (χ4v) is 4.82. The molecule has 1 aliphatic rings. The molecular formula is C20H21NO2S. The Morgan fingerprint density at radius 2 is 1.62 bits per heavy atom. The molecule has 3 nitrogen and oxygen atoms in total. The summed E-state index contributed by atoms with van der Waals surface area (Å²) in [4.78, 5) is 0.308. The minimum absolute atomic E-state index is 0.0300. The van der Waals surface area contributed by atoms with Gasteiger partial charge in [0.25, 0.3) is 0 Å². The highest BCUT2D eigenvalue weighted by molar-refractivity contribution is 7.89. The molecule has 2 atom stereocenters. The van der Waals surface area contributed by atoms with Gasteiger partial charge in [-0.05, 0) is 30.2 Å². The van der Waals surface area contributed by atoms with Gasteiger partial charge in [0, 0.05) is 12.5 Å². The van der Waals surface area contributed by atoms with Gasteiger partial charge in [0.1, 0.15) is 0 Å². The van der Waals surface area contributed by atoms with E-state index in [1.165, 1.54) is 4.31 Å². The van der Waals surface area contributed by atoms with Gasteiger partial charge in [-0.2, -0.15) is 4.31 Å². The van der Waals surface area contributed by atoms with E-state index in [1.54, 1.807) is 18.2 Å². The van der Waals surface area contributed by atoms with Gasteiger partial charge < -0.3 is 0 Å². The largest absolute Gasteiger partial charge is 0.243 e. The highest BCUT2D eigenvalue weighted by Crippen LogP contribution is 2.40. The van der Waals surface area contributed by atoms with Crippen LogP contribution in [0.1, 0.15) is 28.7 Å². The fourth-order valence-electron chi connectivity index (χ4n) is 3.22. The van der Waals surface area contributed by atoms with E-state index < -0.39 is 10.0 Å². The Morgan fingerprint density at radius 3 is 2.21 bits per heavy atom. The maximum Gasteiger partial charge on any atom is 0.243 e. The summed E-state index contributed by atoms with van der Waals surface area (Å²) >= 11 is 0. The van der Waals surface area contributed by atoms with Crippen LogP contribution < -0.4 is 0 Å². The number of nitrogens with zero attached hydrogens (tertiary/aromatic N) is 1. The lowest BCUT2D eigenvalue weighted by molar-refractivity contribution is 0.337. The van der Waals surface area contributed by atoms with Crippen molar-refractivity contribution in [3.05, 3.63) is 90.5 Å². The zero-order valence-corrected chi connectivity index (χ0v) is 14.5. The third-order valence-electron chi connectivity index (χ3n) is 4.54. The Hall–Kier alpha value is -2.17. The van der Waals surface area contributed by atoms with Crippen molar-refractivity contribution in [3.8, 4) is 0 Å². The first-order valence-corrected chi connectivity index (χ1v) is 9.35. The minimum atomic E-state index is -3.61. The van der Waals surface area contributed by atoms with Gasteiger partial charge in [-0.1, -0.05) is 54.1 Å². The van der Waals surface area contributed by atoms with E-state index in [0.717, 1.165) is 16.7 Å². The van der Waals surface area contributed by atoms with Gasteiger partial charge in [-0.15, -0.1) is 13.2 Å². The van der Waals surface area contributed by atoms with E-state index in [4.69, 9.17) is 0 Å². The van der Waals surface area contributed by atoms with Crippen LogP contribution in [0.2, 0.25) is 0 Å². The predicted octanol–water partition coefficient (Wildman–Crippen LogP) is 4.20. The fraction of sp³-hybridized carbons (Fsp3) is 0.200. The van der Waals surface area contributed by atoms with Crippen molar-refractivity contribution < 1.29 is 8.42 Å². The second-order valence-electron chi connectivity index (χ2n) is 6.04. The average molecular weight is 339 g/mol. The number of benzene rings is 2. The normalized spacial score (nSPS) is 21.0. The topological polar surface area (TPSA) is 37.4 Å². The van der Waals surface area contributed by atoms with Crippen molar-refractivity contribution in [2.45, 2.75) is 23.8 Å². The van der Waals surface area contributed by atoms with Crippen LogP contribution in [-0.2, 0) is 10.0 Å². The Balaban J connectivity index is 2.12. The van der Waals surface area contributed by atoms with Crippen LogP contribution in [0.5, 0.6) is 0 Å². The standard InChI is InChI=1S/C20H21NO2S/c1-4-16-14-21(20(5-2)19-9-7-6-8-18(16)19)24(22,23)17-12-10-15(3)11-13-17/h4-13,16,20H,1-2,14H2,3H3/t16-,20-/m0/s1. The summed E-state index contributed by atoms with van der Waals surface area (Å²) in [5.41, 5.74) is 3.12. The number of rotatable bonds is 4. The summed E-state index contributed by atoms with van der Waals surface area (Å²) in [6, 6.07) is 14.5. The third kappa shape index (κ3) is 2.72. The molecule has 0 saturated heterocycles. The summed E-state index contributed by atoms with van der Waals surface area (Å²) in [7, 11) is -3.61. The van der Waals surface area contributed by atoms with Gasteiger partial charge in [-0.3, -0.25) is 0 Å². The van der Waals surface area contributed by atoms with Gasteiger partial charge in [0.05, 0.1) is 10.9 Å². The van der Waals surface area contributed by atoms with E-state index >= 15 is 0 Å². The molecule has 0 N–H and O–H groups in total. The molecule has 3 rings (SSSR count). The number of sulfonamides is 1. The molecule has 1 heterocycles. The van der Waals surface area contributed by atoms with Crippen molar-refractivity contribution >= 4 is 10.0 Å². The molecule has 0 fully saturated rings. The smallest absolute Gasteiger partial charge is 0.207 e. The second-order valence-corrected chi connectivity index (χ2v) is 7.93. The Kier molecular flexibility index (Phi) is 4.43. The van der Waals surface area contributed by atoms with E-state index in [-0.39, 0.29) is 12.0 Å². The highest BCUT2D eigenvalue weighted by atomic mass is 32.2. The van der Waals surface area contributed by atoms with E-state index in [0.29, 0.717) is 11.4 Å². The maximum atomic E-state index is 13.2. The molecule has 0 unspecified atom stereocenters. The van der Waals surface area contributed by atoms with Gasteiger partial charge in [0.15, 0.2) is 0 Å². The first kappa shape index (κ1) is 16.7. The van der Waals surface area contributed by atoms with Crippen LogP contribution in [0, 0.1) is 6.92 Å². The van der Waals surface area contributed by atoms with Crippen LogP contribution >= 0.6 is 0 Å². The quantitative estimate of drug-likeness (QED) is 0.783. The molecule has 0 spiro atoms. The molecule has 0 aromatic heterocycles. The first-order chi connectivity index (χ1) is 11.5. The molecule has 0 bridgehead atoms. The van der Waals surface area contributed by atoms with Gasteiger partial charge in [-0.25, -0.2) is 8.42 Å². The van der Waals surface area contributed by atoms with Crippen molar-refractivity contribution in [2.24, 2.45) is 0 Å². The Labute approximate surface area is 144 Å². The molecule has 124 valence electrons. The number of hydrogen-bond donors (Lipinski definition) is 0. The lowest BCUT2D eigenvalue weighted by Gasteiger charge is -2.38. The van der Waals surface area contributed by atoms with Gasteiger partial charge in [0.2, 0.25) is 10.0 Å². The highest BCUT2D eigenvalue weighted by Gasteiger charge is 2.37. The predicted molar refractivity (Wildman–Crippen MR) is 97.4 cm³/mol. The average Bonchev–Trinajstić information content (AvgIpc) is 2.60. The monoisotopic (exact) mass is 339 g/mol. The molecule has 0 aliphatic carbocycles. The summed E-state index contributed by atoms with van der Waals surface area (Å²) in [6.07, 6.45) is 3.51. The SMILES string of the molecule is C=C[C@H]1CN(S(=O)(=O)c2ccc(C)cc2)[C@@H](C=C)c2ccccc21. The van der Waals surface area contributed by atoms with Crippen molar-refractivity contribution in [2.75, 3.05) is 6.54 Å². The molecule has 24 heavy (non-hydrogen) atoms. The van der Waals surface area contributed by atoms with Crippen LogP contribution in [0.4, 0.5) is 0 Å². The molecule has 4 heteroatoms. The Morgan fingerprint density at radius 1 is 1.00 bits per heavy atom. The molecular weight excluding hydrogens is 318 g/mol. The zero-order chi connectivity index (χ0) is 17.3. The lowest BCUT2D eigenvalue weighted by Crippen LogP contribution is -2.40. The van der Waals surface area contributed by atoms with Crippen LogP contribution in [0.15, 0.2) is 78.7 Å².